The second-order valence-corrected chi connectivity index (χ2v) is 18.2. The molecule has 3 aromatic heterocycles. The Balaban J connectivity index is 0.000000221. The molecule has 0 spiro atoms. The van der Waals surface area contributed by atoms with Crippen molar-refractivity contribution in [1.82, 2.24) is 28.7 Å². The molecule has 394 valence electrons. The summed E-state index contributed by atoms with van der Waals surface area (Å²) in [5.74, 6) is 3.95. The molecule has 15 nitrogen and oxygen atoms in total. The average Bonchev–Trinajstić information content (AvgIpc) is 4.33. The van der Waals surface area contributed by atoms with Crippen LogP contribution in [0.25, 0.3) is 17.1 Å². The lowest BCUT2D eigenvalue weighted by atomic mass is 9.98. The fraction of sp³-hybridized carbons (Fsp3) is 0.0952. The van der Waals surface area contributed by atoms with Gasteiger partial charge in [0, 0.05) is 56.5 Å². The number of imidazole rings is 3. The molecule has 0 bridgehead atoms. The fourth-order valence-corrected chi connectivity index (χ4v) is 9.69. The number of hydrogen-bond donors (Lipinski definition) is 1. The Morgan fingerprint density at radius 1 is 0.469 bits per heavy atom. The van der Waals surface area contributed by atoms with E-state index in [1.807, 2.05) is 0 Å². The van der Waals surface area contributed by atoms with Gasteiger partial charge in [0.1, 0.15) is 36.4 Å². The zero-order valence-electron chi connectivity index (χ0n) is 42.5. The summed E-state index contributed by atoms with van der Waals surface area (Å²) >= 11 is 0. The van der Waals surface area contributed by atoms with Gasteiger partial charge < -0.3 is 14.6 Å². The van der Waals surface area contributed by atoms with E-state index in [-0.39, 0.29) is 56.4 Å². The first kappa shape index (κ1) is 51.9. The Morgan fingerprint density at radius 3 is 1.11 bits per heavy atom. The predicted molar refractivity (Wildman–Crippen MR) is 294 cm³/mol. The summed E-state index contributed by atoms with van der Waals surface area (Å²) in [4.78, 5) is 64.6. The number of esters is 2. The fourth-order valence-electron chi connectivity index (χ4n) is 9.69. The van der Waals surface area contributed by atoms with Crippen LogP contribution in [0, 0.1) is 54.5 Å². The molecule has 0 unspecified atom stereocenters. The number of fused-ring (bicyclic) bond motifs is 9. The lowest BCUT2D eigenvalue weighted by molar-refractivity contribution is 0.0387. The van der Waals surface area contributed by atoms with Crippen LogP contribution in [0.2, 0.25) is 0 Å². The molecule has 6 aromatic carbocycles. The Labute approximate surface area is 460 Å². The van der Waals surface area contributed by atoms with Crippen LogP contribution in [0.1, 0.15) is 105 Å². The molecule has 6 heterocycles. The summed E-state index contributed by atoms with van der Waals surface area (Å²) in [5.41, 5.74) is 8.99. The van der Waals surface area contributed by atoms with Crippen molar-refractivity contribution in [3.63, 3.8) is 0 Å². The number of carbonyl (C=O) groups excluding carboxylic acids is 2. The maximum absolute atomic E-state index is 15.0. The lowest BCUT2D eigenvalue weighted by Gasteiger charge is -2.13. The summed E-state index contributed by atoms with van der Waals surface area (Å²) in [5, 5.41) is 9.37. The molecule has 18 heteroatoms. The van der Waals surface area contributed by atoms with Gasteiger partial charge in [-0.15, -0.1) is 19.3 Å². The van der Waals surface area contributed by atoms with Crippen LogP contribution in [0.15, 0.2) is 161 Å². The second-order valence-electron chi connectivity index (χ2n) is 18.2. The number of carbonyl (C=O) groups is 3. The largest absolute Gasteiger partial charge is 0.476 e. The highest BCUT2D eigenvalue weighted by Gasteiger charge is 2.30. The number of rotatable bonds is 10. The van der Waals surface area contributed by atoms with Crippen molar-refractivity contribution < 1.29 is 42.1 Å². The first-order chi connectivity index (χ1) is 39.5. The van der Waals surface area contributed by atoms with Gasteiger partial charge in [-0.2, -0.15) is 0 Å². The van der Waals surface area contributed by atoms with Crippen LogP contribution < -0.4 is 0 Å². The van der Waals surface area contributed by atoms with Crippen molar-refractivity contribution in [2.24, 2.45) is 15.0 Å². The van der Waals surface area contributed by atoms with E-state index in [1.54, 1.807) is 123 Å². The maximum Gasteiger partial charge on any atom is 0.358 e. The first-order valence-electron chi connectivity index (χ1n) is 24.9. The van der Waals surface area contributed by atoms with Gasteiger partial charge in [0.15, 0.2) is 17.1 Å². The summed E-state index contributed by atoms with van der Waals surface area (Å²) in [7, 11) is 0. The molecule has 0 radical (unpaired) electrons. The lowest BCUT2D eigenvalue weighted by Crippen LogP contribution is -2.14. The third kappa shape index (κ3) is 9.83. The van der Waals surface area contributed by atoms with Crippen LogP contribution >= 0.6 is 0 Å². The van der Waals surface area contributed by atoms with Crippen LogP contribution in [0.4, 0.5) is 13.2 Å². The number of aromatic carboxylic acids is 1. The normalized spacial score (nSPS) is 12.5. The molecule has 12 rings (SSSR count). The van der Waals surface area contributed by atoms with Crippen LogP contribution in [-0.4, -0.2) is 82.0 Å². The third-order valence-electron chi connectivity index (χ3n) is 13.5. The SMILES string of the molecule is C#Cc1ccc2c(c1)C(c1ccccc1F)=NCc1c(C(=O)O)ncn1-2.C#Cc1ccc2c(c1)C(c1ccccc1F)=NCc1c(C(=O)OCCCOC(=O)c3ncn4c3CN=C(c3ccccc3F)c3cc(C#C)ccc3-4)ncn1-2. The number of halogens is 3. The van der Waals surface area contributed by atoms with Crippen molar-refractivity contribution >= 4 is 35.0 Å². The number of benzene rings is 6. The van der Waals surface area contributed by atoms with Gasteiger partial charge in [0.2, 0.25) is 0 Å². The number of aromatic nitrogens is 6. The van der Waals surface area contributed by atoms with E-state index in [2.05, 4.69) is 37.7 Å². The maximum atomic E-state index is 15.0. The van der Waals surface area contributed by atoms with Gasteiger partial charge in [-0.3, -0.25) is 28.7 Å². The van der Waals surface area contributed by atoms with Gasteiger partial charge in [-0.1, -0.05) is 54.2 Å². The van der Waals surface area contributed by atoms with Crippen molar-refractivity contribution in [3.8, 4) is 54.1 Å². The molecule has 0 saturated heterocycles. The molecule has 3 aliphatic rings. The molecule has 3 aliphatic heterocycles. The Hall–Kier alpha value is -11.2. The Kier molecular flexibility index (Phi) is 14.1. The number of terminal acetylenes is 3. The van der Waals surface area contributed by atoms with Crippen molar-refractivity contribution in [2.45, 2.75) is 26.1 Å². The zero-order valence-corrected chi connectivity index (χ0v) is 42.5. The Morgan fingerprint density at radius 2 is 0.790 bits per heavy atom. The summed E-state index contributed by atoms with van der Waals surface area (Å²) in [6.45, 7) is -0.0604. The third-order valence-corrected chi connectivity index (χ3v) is 13.5. The minimum atomic E-state index is -1.13. The zero-order chi connectivity index (χ0) is 56.3. The van der Waals surface area contributed by atoms with E-state index in [0.29, 0.717) is 101 Å². The molecule has 81 heavy (non-hydrogen) atoms. The molecule has 0 saturated carbocycles. The Bertz CT molecular complexity index is 4130. The van der Waals surface area contributed by atoms with Gasteiger partial charge in [-0.05, 0) is 91.0 Å². The predicted octanol–water partition coefficient (Wildman–Crippen LogP) is 9.45. The van der Waals surface area contributed by atoms with Gasteiger partial charge >= 0.3 is 17.9 Å². The van der Waals surface area contributed by atoms with E-state index < -0.39 is 35.4 Å². The number of aliphatic imine (C=N–C) groups is 3. The molecule has 0 aliphatic carbocycles. The van der Waals surface area contributed by atoms with Crippen molar-refractivity contribution in [3.05, 3.63) is 248 Å². The van der Waals surface area contributed by atoms with Crippen molar-refractivity contribution in [1.29, 1.82) is 0 Å². The molecule has 0 amide bonds. The number of ether oxygens (including phenoxy) is 2. The topological polar surface area (TPSA) is 180 Å². The second kappa shape index (κ2) is 22.1. The van der Waals surface area contributed by atoms with Crippen molar-refractivity contribution in [2.75, 3.05) is 13.2 Å². The highest BCUT2D eigenvalue weighted by molar-refractivity contribution is 6.17. The van der Waals surface area contributed by atoms with Gasteiger partial charge in [0.25, 0.3) is 0 Å². The molecule has 0 atom stereocenters. The molecular weight excluding hydrogens is 1040 g/mol. The smallest absolute Gasteiger partial charge is 0.358 e. The van der Waals surface area contributed by atoms with E-state index in [9.17, 15) is 32.7 Å². The van der Waals surface area contributed by atoms with E-state index in [1.165, 1.54) is 37.2 Å². The van der Waals surface area contributed by atoms with Crippen LogP contribution in [-0.2, 0) is 29.1 Å². The van der Waals surface area contributed by atoms with Crippen LogP contribution in [0.5, 0.6) is 0 Å². The summed E-state index contributed by atoms with van der Waals surface area (Å²) in [6.07, 6.45) is 21.5. The molecule has 0 fully saturated rings. The van der Waals surface area contributed by atoms with E-state index >= 15 is 0 Å². The molecule has 9 aromatic rings. The van der Waals surface area contributed by atoms with E-state index in [4.69, 9.17) is 38.7 Å². The van der Waals surface area contributed by atoms with Gasteiger partial charge in [0.05, 0.1) is 84.1 Å². The monoisotopic (exact) mass is 1080 g/mol. The number of carboxylic acids is 1. The average molecular weight is 1080 g/mol. The molecule has 1 N–H and O–H groups in total. The quantitative estimate of drug-likeness (QED) is 0.0793. The number of nitrogens with zero attached hydrogens (tertiary/aromatic N) is 9. The number of carboxylic acid groups (broad SMARTS) is 1. The molecular formula is C63H40F3N9O6. The summed E-state index contributed by atoms with van der Waals surface area (Å²) in [6, 6.07) is 34.8. The minimum Gasteiger partial charge on any atom is -0.476 e. The van der Waals surface area contributed by atoms with Crippen LogP contribution in [0.3, 0.4) is 0 Å². The highest BCUT2D eigenvalue weighted by atomic mass is 19.1. The minimum absolute atomic E-state index is 0.0160. The van der Waals surface area contributed by atoms with Gasteiger partial charge in [-0.25, -0.2) is 42.5 Å². The van der Waals surface area contributed by atoms with E-state index in [0.717, 1.165) is 0 Å². The first-order valence-corrected chi connectivity index (χ1v) is 24.9. The standard InChI is InChI=1S/C43H28F2N6O4.C20H12FN3O2/c1-3-26-14-16-34-30(20-26)38(28-10-5-7-12-32(28)44)46-22-36-40(48-24-50(34)36)42(52)54-18-9-19-55-43(53)41-37-23-47-39(29-11-6-8-13-33(29)45)31-21-27(4-2)15-17-35(31)51(37)25-49-41;1-2-12-7-8-16-14(9-12)18(13-5-3-4-6-15(13)21)22-10-17-19(20(25)26)23-11-24(16)17/h1-2,5-8,10-17,20-21,24-25H,9,18-19,22-23H2;1,3-9,11H,10H2,(H,25,26). The highest BCUT2D eigenvalue weighted by Crippen LogP contribution is 2.32. The summed E-state index contributed by atoms with van der Waals surface area (Å²) < 4.78 is 60.5. The number of hydrogen-bond acceptors (Lipinski definition) is 11.